The molecule has 7 heteroatoms. The maximum absolute atomic E-state index is 12.0. The second kappa shape index (κ2) is 5.01. The van der Waals surface area contributed by atoms with Crippen molar-refractivity contribution in [3.05, 3.63) is 23.8 Å². The molecule has 2 aliphatic heterocycles. The van der Waals surface area contributed by atoms with Crippen molar-refractivity contribution < 1.29 is 14.4 Å². The lowest BCUT2D eigenvalue weighted by Gasteiger charge is -2.12. The highest BCUT2D eigenvalue weighted by Gasteiger charge is 2.27. The Morgan fingerprint density at radius 3 is 2.86 bits per heavy atom. The molecule has 0 saturated carbocycles. The molecule has 7 nitrogen and oxygen atoms in total. The number of amides is 3. The van der Waals surface area contributed by atoms with E-state index in [4.69, 9.17) is 0 Å². The Morgan fingerprint density at radius 2 is 2.14 bits per heavy atom. The zero-order valence-corrected chi connectivity index (χ0v) is 11.4. The van der Waals surface area contributed by atoms with Gasteiger partial charge < -0.3 is 10.6 Å². The third-order valence-corrected chi connectivity index (χ3v) is 3.59. The summed E-state index contributed by atoms with van der Waals surface area (Å²) in [5.41, 5.74) is 4.80. The average Bonchev–Trinajstić information content (AvgIpc) is 2.75. The highest BCUT2D eigenvalue weighted by molar-refractivity contribution is 6.43. The molecule has 0 spiro atoms. The average molecular weight is 286 g/mol. The van der Waals surface area contributed by atoms with Crippen LogP contribution in [0.4, 0.5) is 11.4 Å². The molecule has 0 saturated heterocycles. The second-order valence-electron chi connectivity index (χ2n) is 5.06. The van der Waals surface area contributed by atoms with Crippen molar-refractivity contribution in [2.75, 3.05) is 10.6 Å². The summed E-state index contributed by atoms with van der Waals surface area (Å²) in [5, 5.41) is 9.25. The monoisotopic (exact) mass is 286 g/mol. The summed E-state index contributed by atoms with van der Waals surface area (Å²) in [6, 6.07) is 5.26. The second-order valence-corrected chi connectivity index (χ2v) is 5.06. The van der Waals surface area contributed by atoms with Gasteiger partial charge in [-0.15, -0.1) is 0 Å². The standard InChI is InChI=1S/C14H14N4O3/c1-7-9-6-8(2-3-10(9)16-13(7)20)15-14(21)11-4-5-12(19)18-17-11/h2-3,6-7H,4-5H2,1H3,(H,15,21)(H,16,20)(H,18,19). The molecule has 1 atom stereocenters. The van der Waals surface area contributed by atoms with Gasteiger partial charge in [0.05, 0.1) is 5.92 Å². The highest BCUT2D eigenvalue weighted by atomic mass is 16.2. The van der Waals surface area contributed by atoms with E-state index in [9.17, 15) is 14.4 Å². The minimum atomic E-state index is -0.347. The highest BCUT2D eigenvalue weighted by Crippen LogP contribution is 2.33. The number of hydrogen-bond acceptors (Lipinski definition) is 4. The minimum Gasteiger partial charge on any atom is -0.325 e. The van der Waals surface area contributed by atoms with E-state index in [1.807, 2.05) is 6.92 Å². The molecule has 3 amide bonds. The van der Waals surface area contributed by atoms with Gasteiger partial charge in [0.25, 0.3) is 5.91 Å². The third kappa shape index (κ3) is 2.49. The number of nitrogens with one attached hydrogen (secondary N) is 3. The number of benzene rings is 1. The fourth-order valence-corrected chi connectivity index (χ4v) is 2.34. The Bertz CT molecular complexity index is 681. The lowest BCUT2D eigenvalue weighted by molar-refractivity contribution is -0.121. The first-order valence-electron chi connectivity index (χ1n) is 6.66. The summed E-state index contributed by atoms with van der Waals surface area (Å²) >= 11 is 0. The molecule has 0 aromatic heterocycles. The lowest BCUT2D eigenvalue weighted by Crippen LogP contribution is -2.32. The van der Waals surface area contributed by atoms with Gasteiger partial charge in [0.15, 0.2) is 0 Å². The van der Waals surface area contributed by atoms with E-state index in [0.717, 1.165) is 11.3 Å². The summed E-state index contributed by atoms with van der Waals surface area (Å²) < 4.78 is 0. The molecule has 2 heterocycles. The van der Waals surface area contributed by atoms with Gasteiger partial charge >= 0.3 is 0 Å². The number of anilines is 2. The Morgan fingerprint density at radius 1 is 1.33 bits per heavy atom. The van der Waals surface area contributed by atoms with Crippen molar-refractivity contribution in [1.82, 2.24) is 5.43 Å². The lowest BCUT2D eigenvalue weighted by atomic mass is 10.0. The van der Waals surface area contributed by atoms with Crippen LogP contribution in [-0.2, 0) is 14.4 Å². The zero-order chi connectivity index (χ0) is 15.0. The summed E-state index contributed by atoms with van der Waals surface area (Å²) in [6.45, 7) is 1.81. The fraction of sp³-hybridized carbons (Fsp3) is 0.286. The van der Waals surface area contributed by atoms with Crippen LogP contribution in [0.25, 0.3) is 0 Å². The van der Waals surface area contributed by atoms with Gasteiger partial charge in [-0.3, -0.25) is 14.4 Å². The molecule has 0 aliphatic carbocycles. The van der Waals surface area contributed by atoms with E-state index in [0.29, 0.717) is 12.1 Å². The van der Waals surface area contributed by atoms with Gasteiger partial charge in [-0.1, -0.05) is 0 Å². The zero-order valence-electron chi connectivity index (χ0n) is 11.4. The number of rotatable bonds is 2. The molecule has 3 N–H and O–H groups in total. The Hall–Kier alpha value is -2.70. The summed E-state index contributed by atoms with van der Waals surface area (Å²) in [7, 11) is 0. The predicted molar refractivity (Wildman–Crippen MR) is 76.9 cm³/mol. The van der Waals surface area contributed by atoms with E-state index in [1.165, 1.54) is 0 Å². The summed E-state index contributed by atoms with van der Waals surface area (Å²) in [4.78, 5) is 34.6. The molecule has 3 rings (SSSR count). The summed E-state index contributed by atoms with van der Waals surface area (Å²) in [6.07, 6.45) is 0.574. The van der Waals surface area contributed by atoms with E-state index < -0.39 is 0 Å². The van der Waals surface area contributed by atoms with Gasteiger partial charge in [0, 0.05) is 24.2 Å². The number of nitrogens with zero attached hydrogens (tertiary/aromatic N) is 1. The largest absolute Gasteiger partial charge is 0.325 e. The van der Waals surface area contributed by atoms with Crippen molar-refractivity contribution in [3.8, 4) is 0 Å². The molecule has 1 aromatic carbocycles. The molecule has 21 heavy (non-hydrogen) atoms. The maximum Gasteiger partial charge on any atom is 0.271 e. The van der Waals surface area contributed by atoms with E-state index in [2.05, 4.69) is 21.2 Å². The van der Waals surface area contributed by atoms with Crippen LogP contribution in [0.1, 0.15) is 31.2 Å². The van der Waals surface area contributed by atoms with Crippen LogP contribution >= 0.6 is 0 Å². The first-order chi connectivity index (χ1) is 10.0. The van der Waals surface area contributed by atoms with E-state index >= 15 is 0 Å². The molecule has 108 valence electrons. The number of hydrogen-bond donors (Lipinski definition) is 3. The Kier molecular flexibility index (Phi) is 3.17. The van der Waals surface area contributed by atoms with E-state index in [-0.39, 0.29) is 35.8 Å². The van der Waals surface area contributed by atoms with Gasteiger partial charge in [-0.05, 0) is 30.7 Å². The molecule has 1 unspecified atom stereocenters. The van der Waals surface area contributed by atoms with Crippen molar-refractivity contribution >= 4 is 34.8 Å². The Labute approximate surface area is 120 Å². The molecular formula is C14H14N4O3. The predicted octanol–water partition coefficient (Wildman–Crippen LogP) is 0.947. The SMILES string of the molecule is CC1C(=O)Nc2ccc(NC(=O)C3=NNC(=O)CC3)cc21. The minimum absolute atomic E-state index is 0.0483. The van der Waals surface area contributed by atoms with Crippen LogP contribution < -0.4 is 16.1 Å². The van der Waals surface area contributed by atoms with Crippen LogP contribution in [0, 0.1) is 0 Å². The van der Waals surface area contributed by atoms with Crippen LogP contribution in [0.2, 0.25) is 0 Å². The molecule has 0 fully saturated rings. The normalized spacial score (nSPS) is 20.2. The quantitative estimate of drug-likeness (QED) is 0.754. The van der Waals surface area contributed by atoms with Gasteiger partial charge in [-0.2, -0.15) is 5.10 Å². The van der Waals surface area contributed by atoms with E-state index in [1.54, 1.807) is 18.2 Å². The first kappa shape index (κ1) is 13.3. The van der Waals surface area contributed by atoms with Crippen molar-refractivity contribution in [1.29, 1.82) is 0 Å². The molecule has 2 aliphatic rings. The van der Waals surface area contributed by atoms with Crippen molar-refractivity contribution in [3.63, 3.8) is 0 Å². The van der Waals surface area contributed by atoms with Crippen LogP contribution in [0.15, 0.2) is 23.3 Å². The number of hydrazone groups is 1. The van der Waals surface area contributed by atoms with Gasteiger partial charge in [0.2, 0.25) is 11.8 Å². The van der Waals surface area contributed by atoms with Crippen molar-refractivity contribution in [2.24, 2.45) is 5.10 Å². The van der Waals surface area contributed by atoms with Crippen LogP contribution in [-0.4, -0.2) is 23.4 Å². The number of carbonyl (C=O) groups is 3. The third-order valence-electron chi connectivity index (χ3n) is 3.59. The topological polar surface area (TPSA) is 99.7 Å². The maximum atomic E-state index is 12.0. The van der Waals surface area contributed by atoms with Gasteiger partial charge in [0.1, 0.15) is 5.71 Å². The first-order valence-corrected chi connectivity index (χ1v) is 6.66. The number of carbonyl (C=O) groups excluding carboxylic acids is 3. The summed E-state index contributed by atoms with van der Waals surface area (Å²) in [5.74, 6) is -0.821. The molecule has 0 bridgehead atoms. The van der Waals surface area contributed by atoms with Gasteiger partial charge in [-0.25, -0.2) is 5.43 Å². The fourth-order valence-electron chi connectivity index (χ4n) is 2.34. The number of fused-ring (bicyclic) bond motifs is 1. The molecular weight excluding hydrogens is 272 g/mol. The smallest absolute Gasteiger partial charge is 0.271 e. The van der Waals surface area contributed by atoms with Crippen LogP contribution in [0.5, 0.6) is 0 Å². The molecule has 1 aromatic rings. The Balaban J connectivity index is 1.76. The van der Waals surface area contributed by atoms with Crippen LogP contribution in [0.3, 0.4) is 0 Å². The van der Waals surface area contributed by atoms with Crippen molar-refractivity contribution in [2.45, 2.75) is 25.7 Å². The molecule has 0 radical (unpaired) electrons.